The minimum absolute atomic E-state index is 0. The van der Waals surface area contributed by atoms with Gasteiger partial charge < -0.3 is 11.1 Å². The quantitative estimate of drug-likeness (QED) is 0.576. The summed E-state index contributed by atoms with van der Waals surface area (Å²) in [4.78, 5) is 11.8. The van der Waals surface area contributed by atoms with Gasteiger partial charge >= 0.3 is 0 Å². The summed E-state index contributed by atoms with van der Waals surface area (Å²) in [7, 11) is -3.17. The Hall–Kier alpha value is -1.31. The SMILES string of the molecule is CCN(CCCNC(=O)c1ccc(N)cc1)S(C)(=O)=O.Cl. The third-order valence-electron chi connectivity index (χ3n) is 2.86. The molecule has 0 aliphatic carbocycles. The van der Waals surface area contributed by atoms with Gasteiger partial charge in [0.05, 0.1) is 6.26 Å². The summed E-state index contributed by atoms with van der Waals surface area (Å²) in [6.07, 6.45) is 1.76. The van der Waals surface area contributed by atoms with Crippen LogP contribution in [0.15, 0.2) is 24.3 Å². The average molecular weight is 336 g/mol. The average Bonchev–Trinajstić information content (AvgIpc) is 2.37. The van der Waals surface area contributed by atoms with Gasteiger partial charge in [-0.05, 0) is 30.7 Å². The second kappa shape index (κ2) is 8.86. The molecule has 0 bridgehead atoms. The van der Waals surface area contributed by atoms with Crippen molar-refractivity contribution in [3.8, 4) is 0 Å². The van der Waals surface area contributed by atoms with Crippen LogP contribution in [0.2, 0.25) is 0 Å². The third-order valence-corrected chi connectivity index (χ3v) is 4.24. The molecule has 3 N–H and O–H groups in total. The Morgan fingerprint density at radius 3 is 2.33 bits per heavy atom. The molecule has 1 amide bonds. The molecule has 0 saturated heterocycles. The zero-order chi connectivity index (χ0) is 15.2. The first-order valence-corrected chi connectivity index (χ1v) is 8.28. The molecule has 0 unspecified atom stereocenters. The fourth-order valence-corrected chi connectivity index (χ4v) is 2.68. The summed E-state index contributed by atoms with van der Waals surface area (Å²) >= 11 is 0. The molecule has 1 aromatic carbocycles. The predicted molar refractivity (Wildman–Crippen MR) is 87.1 cm³/mol. The first kappa shape index (κ1) is 19.7. The van der Waals surface area contributed by atoms with Crippen LogP contribution in [0.4, 0.5) is 5.69 Å². The number of nitrogen functional groups attached to an aromatic ring is 1. The predicted octanol–water partition coefficient (Wildman–Crippen LogP) is 1.09. The van der Waals surface area contributed by atoms with Gasteiger partial charge in [-0.1, -0.05) is 6.92 Å². The number of rotatable bonds is 7. The van der Waals surface area contributed by atoms with Crippen molar-refractivity contribution in [3.05, 3.63) is 29.8 Å². The molecule has 6 nitrogen and oxygen atoms in total. The number of benzene rings is 1. The number of sulfonamides is 1. The Kier molecular flexibility index (Phi) is 8.31. The van der Waals surface area contributed by atoms with E-state index in [4.69, 9.17) is 5.73 Å². The molecule has 120 valence electrons. The van der Waals surface area contributed by atoms with Crippen LogP contribution >= 0.6 is 12.4 Å². The maximum atomic E-state index is 11.8. The highest BCUT2D eigenvalue weighted by Crippen LogP contribution is 2.05. The highest BCUT2D eigenvalue weighted by Gasteiger charge is 2.13. The Bertz CT molecular complexity index is 546. The molecule has 0 aromatic heterocycles. The van der Waals surface area contributed by atoms with Gasteiger partial charge in [-0.2, -0.15) is 0 Å². The number of nitrogens with one attached hydrogen (secondary N) is 1. The lowest BCUT2D eigenvalue weighted by Crippen LogP contribution is -2.33. The zero-order valence-electron chi connectivity index (χ0n) is 12.2. The lowest BCUT2D eigenvalue weighted by Gasteiger charge is -2.17. The number of hydrogen-bond acceptors (Lipinski definition) is 4. The number of nitrogens with two attached hydrogens (primary N) is 1. The van der Waals surface area contributed by atoms with E-state index >= 15 is 0 Å². The molecule has 0 atom stereocenters. The molecule has 0 spiro atoms. The summed E-state index contributed by atoms with van der Waals surface area (Å²) in [5, 5.41) is 2.75. The largest absolute Gasteiger partial charge is 0.399 e. The van der Waals surface area contributed by atoms with Crippen LogP contribution in [-0.4, -0.2) is 44.5 Å². The molecule has 21 heavy (non-hydrogen) atoms. The zero-order valence-corrected chi connectivity index (χ0v) is 13.8. The second-order valence-corrected chi connectivity index (χ2v) is 6.47. The van der Waals surface area contributed by atoms with Gasteiger partial charge in [0.25, 0.3) is 5.91 Å². The molecule has 0 saturated carbocycles. The van der Waals surface area contributed by atoms with Crippen LogP contribution < -0.4 is 11.1 Å². The van der Waals surface area contributed by atoms with Gasteiger partial charge in [-0.25, -0.2) is 12.7 Å². The topological polar surface area (TPSA) is 92.5 Å². The van der Waals surface area contributed by atoms with E-state index in [0.29, 0.717) is 37.3 Å². The van der Waals surface area contributed by atoms with Crippen LogP contribution in [-0.2, 0) is 10.0 Å². The van der Waals surface area contributed by atoms with Crippen molar-refractivity contribution in [2.24, 2.45) is 0 Å². The van der Waals surface area contributed by atoms with E-state index in [1.807, 2.05) is 0 Å². The first-order chi connectivity index (χ1) is 9.34. The molecular weight excluding hydrogens is 314 g/mol. The molecule has 0 fully saturated rings. The lowest BCUT2D eigenvalue weighted by atomic mass is 10.2. The van der Waals surface area contributed by atoms with Gasteiger partial charge in [-0.15, -0.1) is 12.4 Å². The minimum Gasteiger partial charge on any atom is -0.399 e. The van der Waals surface area contributed by atoms with Gasteiger partial charge in [0, 0.05) is 30.9 Å². The minimum atomic E-state index is -3.17. The van der Waals surface area contributed by atoms with Crippen LogP contribution in [0.5, 0.6) is 0 Å². The highest BCUT2D eigenvalue weighted by atomic mass is 35.5. The van der Waals surface area contributed by atoms with E-state index in [1.54, 1.807) is 31.2 Å². The van der Waals surface area contributed by atoms with E-state index in [2.05, 4.69) is 5.32 Å². The Balaban J connectivity index is 0.00000400. The van der Waals surface area contributed by atoms with Crippen LogP contribution in [0, 0.1) is 0 Å². The number of halogens is 1. The summed E-state index contributed by atoms with van der Waals surface area (Å²) < 4.78 is 24.1. The van der Waals surface area contributed by atoms with Crippen LogP contribution in [0.3, 0.4) is 0 Å². The lowest BCUT2D eigenvalue weighted by molar-refractivity contribution is 0.0953. The molecule has 0 aliphatic rings. The van der Waals surface area contributed by atoms with E-state index in [-0.39, 0.29) is 18.3 Å². The summed E-state index contributed by atoms with van der Waals surface area (Å²) in [6.45, 7) is 3.05. The molecular formula is C13H22ClN3O3S. The number of carbonyl (C=O) groups excluding carboxylic acids is 1. The molecule has 0 aliphatic heterocycles. The van der Waals surface area contributed by atoms with Gasteiger partial charge in [0.2, 0.25) is 10.0 Å². The molecule has 8 heteroatoms. The Morgan fingerprint density at radius 2 is 1.86 bits per heavy atom. The van der Waals surface area contributed by atoms with Crippen molar-refractivity contribution >= 4 is 34.0 Å². The van der Waals surface area contributed by atoms with Crippen LogP contribution in [0.1, 0.15) is 23.7 Å². The van der Waals surface area contributed by atoms with Gasteiger partial charge in [0.1, 0.15) is 0 Å². The van der Waals surface area contributed by atoms with Crippen molar-refractivity contribution in [1.29, 1.82) is 0 Å². The number of nitrogens with zero attached hydrogens (tertiary/aromatic N) is 1. The van der Waals surface area contributed by atoms with E-state index in [1.165, 1.54) is 10.6 Å². The molecule has 0 radical (unpaired) electrons. The summed E-state index contributed by atoms with van der Waals surface area (Å²) in [5.41, 5.74) is 6.69. The summed E-state index contributed by atoms with van der Waals surface area (Å²) in [6, 6.07) is 6.63. The maximum absolute atomic E-state index is 11.8. The van der Waals surface area contributed by atoms with Crippen molar-refractivity contribution in [3.63, 3.8) is 0 Å². The fourth-order valence-electron chi connectivity index (χ4n) is 1.75. The number of carbonyl (C=O) groups is 1. The maximum Gasteiger partial charge on any atom is 0.251 e. The monoisotopic (exact) mass is 335 g/mol. The number of anilines is 1. The fraction of sp³-hybridized carbons (Fsp3) is 0.462. The smallest absolute Gasteiger partial charge is 0.251 e. The molecule has 1 aromatic rings. The van der Waals surface area contributed by atoms with E-state index in [0.717, 1.165) is 0 Å². The summed E-state index contributed by atoms with van der Waals surface area (Å²) in [5.74, 6) is -0.188. The van der Waals surface area contributed by atoms with Crippen molar-refractivity contribution in [1.82, 2.24) is 9.62 Å². The van der Waals surface area contributed by atoms with Crippen LogP contribution in [0.25, 0.3) is 0 Å². The van der Waals surface area contributed by atoms with Crippen molar-refractivity contribution < 1.29 is 13.2 Å². The standard InChI is InChI=1S/C13H21N3O3S.ClH/c1-3-16(20(2,18)19)10-4-9-15-13(17)11-5-7-12(14)8-6-11;/h5-8H,3-4,9-10,14H2,1-2H3,(H,15,17);1H. The number of hydrogen-bond donors (Lipinski definition) is 2. The van der Waals surface area contributed by atoms with Crippen molar-refractivity contribution in [2.75, 3.05) is 31.6 Å². The first-order valence-electron chi connectivity index (χ1n) is 6.43. The highest BCUT2D eigenvalue weighted by molar-refractivity contribution is 7.88. The van der Waals surface area contributed by atoms with Gasteiger partial charge in [-0.3, -0.25) is 4.79 Å². The molecule has 1 rings (SSSR count). The molecule has 0 heterocycles. The second-order valence-electron chi connectivity index (χ2n) is 4.49. The number of amides is 1. The van der Waals surface area contributed by atoms with Crippen molar-refractivity contribution in [2.45, 2.75) is 13.3 Å². The third kappa shape index (κ3) is 6.79. The Labute approximate surface area is 132 Å². The van der Waals surface area contributed by atoms with E-state index < -0.39 is 10.0 Å². The normalized spacial score (nSPS) is 11.0. The Morgan fingerprint density at radius 1 is 1.29 bits per heavy atom. The van der Waals surface area contributed by atoms with E-state index in [9.17, 15) is 13.2 Å². The van der Waals surface area contributed by atoms with Gasteiger partial charge in [0.15, 0.2) is 0 Å².